The number of rotatable bonds is 4. The first kappa shape index (κ1) is 15.5. The molecular weight excluding hydrogens is 283 g/mol. The third-order valence-electron chi connectivity index (χ3n) is 2.21. The Morgan fingerprint density at radius 1 is 1.53 bits per heavy atom. The number of anilines is 1. The van der Waals surface area contributed by atoms with E-state index in [0.29, 0.717) is 9.91 Å². The average Bonchev–Trinajstić information content (AvgIpc) is 2.71. The normalized spacial score (nSPS) is 13.1. The summed E-state index contributed by atoms with van der Waals surface area (Å²) < 4.78 is 36.8. The summed E-state index contributed by atoms with van der Waals surface area (Å²) in [6, 6.07) is -1.36. The predicted octanol–water partition coefficient (Wildman–Crippen LogP) is 1.78. The van der Waals surface area contributed by atoms with Crippen LogP contribution in [0.3, 0.4) is 0 Å². The van der Waals surface area contributed by atoms with Crippen LogP contribution >= 0.6 is 11.3 Å². The van der Waals surface area contributed by atoms with Crippen molar-refractivity contribution in [2.45, 2.75) is 26.1 Å². The van der Waals surface area contributed by atoms with Crippen LogP contribution in [-0.2, 0) is 0 Å². The second-order valence-corrected chi connectivity index (χ2v) is 4.82. The zero-order valence-corrected chi connectivity index (χ0v) is 11.2. The van der Waals surface area contributed by atoms with Gasteiger partial charge in [-0.3, -0.25) is 0 Å². The third kappa shape index (κ3) is 4.89. The second kappa shape index (κ2) is 6.04. The highest BCUT2D eigenvalue weighted by molar-refractivity contribution is 7.15. The molecule has 0 aliphatic carbocycles. The van der Waals surface area contributed by atoms with Crippen molar-refractivity contribution in [2.75, 3.05) is 18.8 Å². The average molecular weight is 297 g/mol. The molecule has 6 nitrogen and oxygen atoms in total. The summed E-state index contributed by atoms with van der Waals surface area (Å²) in [6.45, 7) is 1.73. The van der Waals surface area contributed by atoms with Crippen LogP contribution in [0.2, 0.25) is 0 Å². The number of hydrogen-bond acceptors (Lipinski definition) is 5. The van der Waals surface area contributed by atoms with E-state index in [1.165, 1.54) is 6.92 Å². The zero-order valence-electron chi connectivity index (χ0n) is 10.4. The summed E-state index contributed by atoms with van der Waals surface area (Å²) in [7, 11) is 0. The second-order valence-electron chi connectivity index (χ2n) is 3.78. The van der Waals surface area contributed by atoms with Gasteiger partial charge in [0.15, 0.2) is 0 Å². The monoisotopic (exact) mass is 297 g/mol. The Bertz CT molecular complexity index is 436. The van der Waals surface area contributed by atoms with Crippen molar-refractivity contribution in [3.63, 3.8) is 0 Å². The van der Waals surface area contributed by atoms with Crippen molar-refractivity contribution in [1.29, 1.82) is 0 Å². The van der Waals surface area contributed by atoms with Gasteiger partial charge in [-0.05, 0) is 13.8 Å². The summed E-state index contributed by atoms with van der Waals surface area (Å²) in [5.74, 6) is 0. The lowest BCUT2D eigenvalue weighted by molar-refractivity contribution is -0.139. The van der Waals surface area contributed by atoms with Crippen LogP contribution < -0.4 is 11.1 Å². The minimum Gasteiger partial charge on any atom is -0.374 e. The number of amides is 2. The van der Waals surface area contributed by atoms with Crippen molar-refractivity contribution < 1.29 is 18.0 Å². The van der Waals surface area contributed by atoms with Gasteiger partial charge in [-0.1, -0.05) is 11.3 Å². The highest BCUT2D eigenvalue weighted by atomic mass is 32.1. The lowest BCUT2D eigenvalue weighted by Gasteiger charge is -2.24. The topological polar surface area (TPSA) is 84.1 Å². The molecule has 1 unspecified atom stereocenters. The highest BCUT2D eigenvalue weighted by Gasteiger charge is 2.32. The van der Waals surface area contributed by atoms with Gasteiger partial charge in [0.05, 0.1) is 6.04 Å². The molecular formula is C9H14F3N5OS. The number of hydrogen-bond donors (Lipinski definition) is 2. The molecule has 108 valence electrons. The van der Waals surface area contributed by atoms with Crippen molar-refractivity contribution >= 4 is 22.5 Å². The van der Waals surface area contributed by atoms with E-state index in [1.54, 1.807) is 6.92 Å². The molecule has 1 heterocycles. The molecule has 0 fully saturated rings. The Kier molecular flexibility index (Phi) is 4.92. The third-order valence-corrected chi connectivity index (χ3v) is 3.14. The van der Waals surface area contributed by atoms with Crippen LogP contribution in [0.15, 0.2) is 0 Å². The van der Waals surface area contributed by atoms with Crippen molar-refractivity contribution in [3.05, 3.63) is 5.01 Å². The number of nitrogen functional groups attached to an aromatic ring is 1. The first-order chi connectivity index (χ1) is 8.73. The van der Waals surface area contributed by atoms with Gasteiger partial charge in [0.1, 0.15) is 11.6 Å². The number of urea groups is 1. The van der Waals surface area contributed by atoms with Crippen LogP contribution in [0.1, 0.15) is 24.9 Å². The largest absolute Gasteiger partial charge is 0.406 e. The molecule has 0 saturated carbocycles. The van der Waals surface area contributed by atoms with E-state index < -0.39 is 24.8 Å². The molecule has 3 N–H and O–H groups in total. The molecule has 1 aromatic heterocycles. The van der Waals surface area contributed by atoms with Gasteiger partial charge in [0.25, 0.3) is 0 Å². The number of alkyl halides is 3. The van der Waals surface area contributed by atoms with Gasteiger partial charge in [0, 0.05) is 6.54 Å². The molecule has 1 aromatic rings. The number of carbonyl (C=O) groups excluding carboxylic acids is 1. The van der Waals surface area contributed by atoms with Crippen LogP contribution in [0.5, 0.6) is 0 Å². The molecule has 0 saturated heterocycles. The maximum Gasteiger partial charge on any atom is 0.406 e. The Morgan fingerprint density at radius 2 is 2.16 bits per heavy atom. The molecule has 10 heteroatoms. The summed E-state index contributed by atoms with van der Waals surface area (Å²) in [5, 5.41) is 10.4. The van der Waals surface area contributed by atoms with E-state index in [-0.39, 0.29) is 11.7 Å². The maximum absolute atomic E-state index is 12.3. The molecule has 1 rings (SSSR count). The van der Waals surface area contributed by atoms with E-state index in [1.807, 2.05) is 0 Å². The first-order valence-corrected chi connectivity index (χ1v) is 6.25. The molecule has 0 radical (unpaired) electrons. The smallest absolute Gasteiger partial charge is 0.374 e. The highest BCUT2D eigenvalue weighted by Crippen LogP contribution is 2.20. The van der Waals surface area contributed by atoms with Gasteiger partial charge < -0.3 is 16.0 Å². The van der Waals surface area contributed by atoms with E-state index in [2.05, 4.69) is 15.5 Å². The number of nitrogens with two attached hydrogens (primary N) is 1. The molecule has 0 aromatic carbocycles. The fraction of sp³-hybridized carbons (Fsp3) is 0.667. The molecule has 2 amide bonds. The van der Waals surface area contributed by atoms with E-state index in [0.717, 1.165) is 11.3 Å². The lowest BCUT2D eigenvalue weighted by atomic mass is 10.3. The summed E-state index contributed by atoms with van der Waals surface area (Å²) >= 11 is 1.07. The van der Waals surface area contributed by atoms with Crippen molar-refractivity contribution in [3.8, 4) is 0 Å². The van der Waals surface area contributed by atoms with Gasteiger partial charge in [-0.15, -0.1) is 10.2 Å². The van der Waals surface area contributed by atoms with Crippen molar-refractivity contribution in [1.82, 2.24) is 20.4 Å². The lowest BCUT2D eigenvalue weighted by Crippen LogP contribution is -2.45. The zero-order chi connectivity index (χ0) is 14.6. The quantitative estimate of drug-likeness (QED) is 0.887. The van der Waals surface area contributed by atoms with Crippen LogP contribution in [0, 0.1) is 0 Å². The van der Waals surface area contributed by atoms with Crippen molar-refractivity contribution in [2.24, 2.45) is 0 Å². The van der Waals surface area contributed by atoms with E-state index >= 15 is 0 Å². The molecule has 19 heavy (non-hydrogen) atoms. The first-order valence-electron chi connectivity index (χ1n) is 5.44. The predicted molar refractivity (Wildman–Crippen MR) is 64.6 cm³/mol. The number of carbonyl (C=O) groups is 1. The molecule has 0 spiro atoms. The van der Waals surface area contributed by atoms with Gasteiger partial charge >= 0.3 is 12.2 Å². The number of nitrogens with one attached hydrogen (secondary N) is 1. The fourth-order valence-electron chi connectivity index (χ4n) is 1.30. The van der Waals surface area contributed by atoms with Crippen LogP contribution in [0.25, 0.3) is 0 Å². The molecule has 1 atom stereocenters. The van der Waals surface area contributed by atoms with Crippen LogP contribution in [-0.4, -0.2) is 40.4 Å². The van der Waals surface area contributed by atoms with Gasteiger partial charge in [-0.2, -0.15) is 13.2 Å². The summed E-state index contributed by atoms with van der Waals surface area (Å²) in [6.07, 6.45) is -4.43. The standard InChI is InChI=1S/C9H14F3N5OS/c1-3-17(4-9(10,11)12)8(18)14-5(2)6-15-16-7(13)19-6/h5H,3-4H2,1-2H3,(H2,13,16)(H,14,18). The Morgan fingerprint density at radius 3 is 2.58 bits per heavy atom. The fourth-order valence-corrected chi connectivity index (χ4v) is 1.92. The molecule has 0 aliphatic heterocycles. The van der Waals surface area contributed by atoms with Gasteiger partial charge in [0.2, 0.25) is 5.13 Å². The van der Waals surface area contributed by atoms with E-state index in [9.17, 15) is 18.0 Å². The Balaban J connectivity index is 2.62. The SMILES string of the molecule is CCN(CC(F)(F)F)C(=O)NC(C)c1nnc(N)s1. The maximum atomic E-state index is 12.3. The minimum atomic E-state index is -4.43. The summed E-state index contributed by atoms with van der Waals surface area (Å²) in [5.41, 5.74) is 5.39. The van der Waals surface area contributed by atoms with Gasteiger partial charge in [-0.25, -0.2) is 4.79 Å². The molecule has 0 bridgehead atoms. The van der Waals surface area contributed by atoms with E-state index in [4.69, 9.17) is 5.73 Å². The number of nitrogens with zero attached hydrogens (tertiary/aromatic N) is 3. The minimum absolute atomic E-state index is 0.0453. The Labute approximate surface area is 111 Å². The Hall–Kier alpha value is -1.58. The summed E-state index contributed by atoms with van der Waals surface area (Å²) in [4.78, 5) is 12.4. The number of aromatic nitrogens is 2. The van der Waals surface area contributed by atoms with Crippen LogP contribution in [0.4, 0.5) is 23.1 Å². The number of halogens is 3. The molecule has 0 aliphatic rings.